The zero-order chi connectivity index (χ0) is 20.4. The first kappa shape index (κ1) is 20.5. The van der Waals surface area contributed by atoms with Crippen LogP contribution in [0, 0.1) is 11.3 Å². The van der Waals surface area contributed by atoms with Crippen LogP contribution in [-0.2, 0) is 16.1 Å². The number of rotatable bonds is 9. The second kappa shape index (κ2) is 10.4. The molecule has 2 amide bonds. The number of nitriles is 1. The van der Waals surface area contributed by atoms with Gasteiger partial charge in [-0.1, -0.05) is 24.3 Å². The number of hydrogen-bond donors (Lipinski definition) is 2. The molecule has 0 saturated heterocycles. The Balaban J connectivity index is 1.96. The zero-order valence-electron chi connectivity index (χ0n) is 15.5. The van der Waals surface area contributed by atoms with Gasteiger partial charge in [-0.3, -0.25) is 9.59 Å². The van der Waals surface area contributed by atoms with Crippen LogP contribution < -0.4 is 20.5 Å². The summed E-state index contributed by atoms with van der Waals surface area (Å²) in [4.78, 5) is 23.0. The van der Waals surface area contributed by atoms with E-state index in [0.717, 1.165) is 11.3 Å². The van der Waals surface area contributed by atoms with E-state index >= 15 is 0 Å². The minimum Gasteiger partial charge on any atom is -0.494 e. The van der Waals surface area contributed by atoms with Gasteiger partial charge < -0.3 is 20.5 Å². The van der Waals surface area contributed by atoms with E-state index in [1.165, 1.54) is 6.08 Å². The van der Waals surface area contributed by atoms with Crippen molar-refractivity contribution in [1.29, 1.82) is 5.26 Å². The second-order valence-corrected chi connectivity index (χ2v) is 5.75. The van der Waals surface area contributed by atoms with Crippen molar-refractivity contribution in [3.8, 4) is 17.6 Å². The summed E-state index contributed by atoms with van der Waals surface area (Å²) in [6.45, 7) is 2.58. The van der Waals surface area contributed by atoms with E-state index in [0.29, 0.717) is 24.5 Å². The van der Waals surface area contributed by atoms with Gasteiger partial charge in [0.15, 0.2) is 6.61 Å². The SMILES string of the molecule is CCOc1ccc(CNC(=O)/C(C#N)=C/c2ccc(OCC(N)=O)cc2)cc1. The van der Waals surface area contributed by atoms with Gasteiger partial charge in [-0.25, -0.2) is 0 Å². The van der Waals surface area contributed by atoms with Gasteiger partial charge in [0.2, 0.25) is 0 Å². The maximum Gasteiger partial charge on any atom is 0.262 e. The van der Waals surface area contributed by atoms with Crippen molar-refractivity contribution in [1.82, 2.24) is 5.32 Å². The van der Waals surface area contributed by atoms with Gasteiger partial charge in [0.25, 0.3) is 11.8 Å². The fourth-order valence-electron chi connectivity index (χ4n) is 2.28. The number of carbonyl (C=O) groups excluding carboxylic acids is 2. The summed E-state index contributed by atoms with van der Waals surface area (Å²) in [5.41, 5.74) is 6.55. The molecule has 3 N–H and O–H groups in total. The molecule has 0 bridgehead atoms. The van der Waals surface area contributed by atoms with Crippen molar-refractivity contribution in [2.45, 2.75) is 13.5 Å². The maximum atomic E-state index is 12.3. The van der Waals surface area contributed by atoms with Gasteiger partial charge in [0, 0.05) is 6.54 Å². The zero-order valence-corrected chi connectivity index (χ0v) is 15.5. The molecule has 0 aliphatic heterocycles. The molecule has 0 fully saturated rings. The lowest BCUT2D eigenvalue weighted by atomic mass is 10.1. The lowest BCUT2D eigenvalue weighted by Gasteiger charge is -2.07. The van der Waals surface area contributed by atoms with Crippen LogP contribution in [0.3, 0.4) is 0 Å². The number of carbonyl (C=O) groups is 2. The van der Waals surface area contributed by atoms with Crippen LogP contribution in [0.15, 0.2) is 54.1 Å². The molecule has 2 aromatic rings. The van der Waals surface area contributed by atoms with Gasteiger partial charge in [-0.05, 0) is 48.4 Å². The van der Waals surface area contributed by atoms with Gasteiger partial charge >= 0.3 is 0 Å². The molecule has 0 radical (unpaired) electrons. The van der Waals surface area contributed by atoms with Crippen molar-refractivity contribution in [2.24, 2.45) is 5.73 Å². The maximum absolute atomic E-state index is 12.3. The third-order valence-corrected chi connectivity index (χ3v) is 3.62. The fraction of sp³-hybridized carbons (Fsp3) is 0.190. The Morgan fingerprint density at radius 1 is 1.07 bits per heavy atom. The van der Waals surface area contributed by atoms with E-state index in [-0.39, 0.29) is 12.2 Å². The van der Waals surface area contributed by atoms with Crippen molar-refractivity contribution >= 4 is 17.9 Å². The fourth-order valence-corrected chi connectivity index (χ4v) is 2.28. The minimum absolute atomic E-state index is 0.0169. The van der Waals surface area contributed by atoms with Crippen molar-refractivity contribution < 1.29 is 19.1 Å². The monoisotopic (exact) mass is 379 g/mol. The highest BCUT2D eigenvalue weighted by molar-refractivity contribution is 6.01. The topological polar surface area (TPSA) is 114 Å². The van der Waals surface area contributed by atoms with Gasteiger partial charge in [0.1, 0.15) is 23.1 Å². The first-order valence-electron chi connectivity index (χ1n) is 8.64. The molecule has 28 heavy (non-hydrogen) atoms. The van der Waals surface area contributed by atoms with Crippen LogP contribution in [0.1, 0.15) is 18.1 Å². The molecule has 0 aliphatic carbocycles. The quantitative estimate of drug-likeness (QED) is 0.512. The molecule has 0 aliphatic rings. The number of nitrogens with two attached hydrogens (primary N) is 1. The third-order valence-electron chi connectivity index (χ3n) is 3.62. The first-order valence-corrected chi connectivity index (χ1v) is 8.64. The summed E-state index contributed by atoms with van der Waals surface area (Å²) in [7, 11) is 0. The first-order chi connectivity index (χ1) is 13.5. The second-order valence-electron chi connectivity index (χ2n) is 5.75. The Bertz CT molecular complexity index is 881. The molecule has 144 valence electrons. The lowest BCUT2D eigenvalue weighted by Crippen LogP contribution is -2.23. The number of benzene rings is 2. The molecule has 0 heterocycles. The van der Waals surface area contributed by atoms with Gasteiger partial charge in [-0.2, -0.15) is 5.26 Å². The molecule has 2 rings (SSSR count). The van der Waals surface area contributed by atoms with E-state index in [9.17, 15) is 14.9 Å². The number of primary amides is 1. The van der Waals surface area contributed by atoms with E-state index in [1.807, 2.05) is 37.3 Å². The highest BCUT2D eigenvalue weighted by Gasteiger charge is 2.09. The summed E-state index contributed by atoms with van der Waals surface area (Å²) in [5, 5.41) is 12.0. The van der Waals surface area contributed by atoms with Gasteiger partial charge in [0.05, 0.1) is 6.61 Å². The predicted octanol–water partition coefficient (Wildman–Crippen LogP) is 2.17. The standard InChI is InChI=1S/C21H21N3O4/c1-2-27-18-9-5-16(6-10-18)13-24-21(26)17(12-22)11-15-3-7-19(8-4-15)28-14-20(23)25/h3-11H,2,13-14H2,1H3,(H2,23,25)(H,24,26)/b17-11+. The van der Waals surface area contributed by atoms with Crippen LogP contribution in [0.2, 0.25) is 0 Å². The predicted molar refractivity (Wildman–Crippen MR) is 104 cm³/mol. The Labute approximate surface area is 163 Å². The molecule has 0 atom stereocenters. The molecule has 0 saturated carbocycles. The highest BCUT2D eigenvalue weighted by atomic mass is 16.5. The minimum atomic E-state index is -0.570. The molecule has 7 heteroatoms. The highest BCUT2D eigenvalue weighted by Crippen LogP contribution is 2.15. The molecule has 2 aromatic carbocycles. The number of hydrogen-bond acceptors (Lipinski definition) is 5. The van der Waals surface area contributed by atoms with E-state index < -0.39 is 11.8 Å². The lowest BCUT2D eigenvalue weighted by molar-refractivity contribution is -0.120. The number of ether oxygens (including phenoxy) is 2. The van der Waals surface area contributed by atoms with Gasteiger partial charge in [-0.15, -0.1) is 0 Å². The van der Waals surface area contributed by atoms with Crippen molar-refractivity contribution in [2.75, 3.05) is 13.2 Å². The Morgan fingerprint density at radius 3 is 2.25 bits per heavy atom. The third kappa shape index (κ3) is 6.50. The Morgan fingerprint density at radius 2 is 1.68 bits per heavy atom. The molecule has 0 unspecified atom stereocenters. The van der Waals surface area contributed by atoms with Crippen LogP contribution >= 0.6 is 0 Å². The Hall–Kier alpha value is -3.79. The molecular weight excluding hydrogens is 358 g/mol. The van der Waals surface area contributed by atoms with E-state index in [1.54, 1.807) is 24.3 Å². The smallest absolute Gasteiger partial charge is 0.262 e. The van der Waals surface area contributed by atoms with Crippen LogP contribution in [0.25, 0.3) is 6.08 Å². The average molecular weight is 379 g/mol. The summed E-state index contributed by atoms with van der Waals surface area (Å²) in [5.74, 6) is 0.193. The Kier molecular flexibility index (Phi) is 7.61. The van der Waals surface area contributed by atoms with Crippen molar-refractivity contribution in [3.05, 3.63) is 65.2 Å². The molecule has 7 nitrogen and oxygen atoms in total. The number of nitrogens with zero attached hydrogens (tertiary/aromatic N) is 1. The number of nitrogens with one attached hydrogen (secondary N) is 1. The summed E-state index contributed by atoms with van der Waals surface area (Å²) in [6.07, 6.45) is 1.48. The summed E-state index contributed by atoms with van der Waals surface area (Å²) >= 11 is 0. The van der Waals surface area contributed by atoms with E-state index in [2.05, 4.69) is 5.32 Å². The van der Waals surface area contributed by atoms with E-state index in [4.69, 9.17) is 15.2 Å². The van der Waals surface area contributed by atoms with Crippen LogP contribution in [0.4, 0.5) is 0 Å². The van der Waals surface area contributed by atoms with Crippen LogP contribution in [0.5, 0.6) is 11.5 Å². The normalized spacial score (nSPS) is 10.6. The molecule has 0 spiro atoms. The summed E-state index contributed by atoms with van der Waals surface area (Å²) in [6, 6.07) is 15.9. The largest absolute Gasteiger partial charge is 0.494 e. The van der Waals surface area contributed by atoms with Crippen LogP contribution in [-0.4, -0.2) is 25.0 Å². The molecular formula is C21H21N3O4. The molecule has 0 aromatic heterocycles. The summed E-state index contributed by atoms with van der Waals surface area (Å²) < 4.78 is 10.5. The number of amides is 2. The van der Waals surface area contributed by atoms with Crippen molar-refractivity contribution in [3.63, 3.8) is 0 Å². The average Bonchev–Trinajstić information content (AvgIpc) is 2.70.